The van der Waals surface area contributed by atoms with Crippen LogP contribution in [0.4, 0.5) is 8.78 Å². The Kier molecular flexibility index (Phi) is 4.96. The molecule has 0 saturated heterocycles. The van der Waals surface area contributed by atoms with Gasteiger partial charge in [0.05, 0.1) is 5.92 Å². The predicted molar refractivity (Wildman–Crippen MR) is 64.7 cm³/mol. The molecule has 0 saturated carbocycles. The van der Waals surface area contributed by atoms with Crippen molar-refractivity contribution in [2.45, 2.75) is 18.4 Å². The molecule has 0 fully saturated rings. The minimum atomic E-state index is -1.42. The van der Waals surface area contributed by atoms with Crippen LogP contribution in [-0.4, -0.2) is 28.2 Å². The van der Waals surface area contributed by atoms with Gasteiger partial charge in [0.15, 0.2) is 11.6 Å². The van der Waals surface area contributed by atoms with Crippen molar-refractivity contribution in [3.8, 4) is 0 Å². The Morgan fingerprint density at radius 1 is 1.21 bits per heavy atom. The van der Waals surface area contributed by atoms with Crippen LogP contribution in [0, 0.1) is 11.6 Å². The number of nitrogens with two attached hydrogens (primary N) is 1. The highest BCUT2D eigenvalue weighted by Crippen LogP contribution is 2.30. The average Bonchev–Trinajstić information content (AvgIpc) is 2.30. The first-order valence-electron chi connectivity index (χ1n) is 5.09. The van der Waals surface area contributed by atoms with Gasteiger partial charge in [-0.2, -0.15) is 0 Å². The molecule has 8 heteroatoms. The third kappa shape index (κ3) is 3.71. The predicted octanol–water partition coefficient (Wildman–Crippen LogP) is 1.70. The zero-order valence-electron chi connectivity index (χ0n) is 9.44. The molecule has 4 N–H and O–H groups in total. The maximum absolute atomic E-state index is 13.1. The van der Waals surface area contributed by atoms with Gasteiger partial charge in [-0.15, -0.1) is 0 Å². The van der Waals surface area contributed by atoms with E-state index >= 15 is 0 Å². The van der Waals surface area contributed by atoms with E-state index in [-0.39, 0.29) is 10.0 Å². The molecule has 2 atom stereocenters. The third-order valence-electron chi connectivity index (χ3n) is 2.52. The van der Waals surface area contributed by atoms with Crippen molar-refractivity contribution >= 4 is 27.9 Å². The van der Waals surface area contributed by atoms with E-state index in [1.54, 1.807) is 0 Å². The van der Waals surface area contributed by atoms with E-state index in [0.717, 1.165) is 6.07 Å². The largest absolute Gasteiger partial charge is 0.481 e. The first-order chi connectivity index (χ1) is 8.73. The van der Waals surface area contributed by atoms with Crippen LogP contribution >= 0.6 is 15.9 Å². The summed E-state index contributed by atoms with van der Waals surface area (Å²) in [7, 11) is 0. The fourth-order valence-electron chi connectivity index (χ4n) is 1.52. The van der Waals surface area contributed by atoms with Gasteiger partial charge in [0.1, 0.15) is 6.04 Å². The third-order valence-corrected chi connectivity index (χ3v) is 3.21. The fourth-order valence-corrected chi connectivity index (χ4v) is 2.11. The van der Waals surface area contributed by atoms with Gasteiger partial charge in [0, 0.05) is 4.47 Å². The van der Waals surface area contributed by atoms with Gasteiger partial charge < -0.3 is 15.9 Å². The molecular formula is C11H10BrF2NO4. The van der Waals surface area contributed by atoms with Crippen LogP contribution < -0.4 is 5.73 Å². The lowest BCUT2D eigenvalue weighted by atomic mass is 9.92. The molecule has 0 radical (unpaired) electrons. The number of carboxylic acids is 2. The molecule has 1 rings (SSSR count). The Morgan fingerprint density at radius 2 is 1.74 bits per heavy atom. The summed E-state index contributed by atoms with van der Waals surface area (Å²) in [6.45, 7) is 0. The maximum Gasteiger partial charge on any atom is 0.320 e. The van der Waals surface area contributed by atoms with Crippen LogP contribution in [0.3, 0.4) is 0 Å². The first kappa shape index (κ1) is 15.5. The summed E-state index contributed by atoms with van der Waals surface area (Å²) < 4.78 is 26.1. The first-order valence-corrected chi connectivity index (χ1v) is 5.89. The van der Waals surface area contributed by atoms with E-state index in [1.165, 1.54) is 0 Å². The van der Waals surface area contributed by atoms with Crippen molar-refractivity contribution in [1.29, 1.82) is 0 Å². The van der Waals surface area contributed by atoms with Crippen molar-refractivity contribution in [2.24, 2.45) is 5.73 Å². The number of hydrogen-bond donors (Lipinski definition) is 3. The van der Waals surface area contributed by atoms with Gasteiger partial charge in [0.25, 0.3) is 0 Å². The van der Waals surface area contributed by atoms with E-state index in [4.69, 9.17) is 15.9 Å². The van der Waals surface area contributed by atoms with Gasteiger partial charge in [-0.1, -0.05) is 15.9 Å². The van der Waals surface area contributed by atoms with Crippen molar-refractivity contribution in [1.82, 2.24) is 0 Å². The molecule has 0 aliphatic heterocycles. The SMILES string of the molecule is NC(CC(C(=O)O)c1cc(F)c(F)cc1Br)C(=O)O. The molecule has 19 heavy (non-hydrogen) atoms. The molecule has 0 aliphatic rings. The molecule has 104 valence electrons. The van der Waals surface area contributed by atoms with Crippen LogP contribution in [0.2, 0.25) is 0 Å². The molecule has 0 amide bonds. The van der Waals surface area contributed by atoms with E-state index < -0.39 is 42.0 Å². The van der Waals surface area contributed by atoms with Crippen LogP contribution in [0.1, 0.15) is 17.9 Å². The summed E-state index contributed by atoms with van der Waals surface area (Å²) in [5, 5.41) is 17.7. The summed E-state index contributed by atoms with van der Waals surface area (Å²) in [5.74, 6) is -6.44. The summed E-state index contributed by atoms with van der Waals surface area (Å²) in [6, 6.07) is 0.0840. The number of carbonyl (C=O) groups is 2. The summed E-state index contributed by atoms with van der Waals surface area (Å²) in [5.41, 5.74) is 5.20. The van der Waals surface area contributed by atoms with Gasteiger partial charge in [0.2, 0.25) is 0 Å². The Balaban J connectivity index is 3.16. The Labute approximate surface area is 115 Å². The molecular weight excluding hydrogens is 328 g/mol. The second-order valence-electron chi connectivity index (χ2n) is 3.86. The summed E-state index contributed by atoms with van der Waals surface area (Å²) >= 11 is 2.92. The zero-order chi connectivity index (χ0) is 14.7. The number of hydrogen-bond acceptors (Lipinski definition) is 3. The van der Waals surface area contributed by atoms with Crippen molar-refractivity contribution in [3.63, 3.8) is 0 Å². The highest BCUT2D eigenvalue weighted by molar-refractivity contribution is 9.10. The van der Waals surface area contributed by atoms with Gasteiger partial charge in [-0.3, -0.25) is 9.59 Å². The molecule has 0 bridgehead atoms. The van der Waals surface area contributed by atoms with E-state index in [9.17, 15) is 18.4 Å². The normalized spacial score (nSPS) is 13.9. The van der Waals surface area contributed by atoms with Gasteiger partial charge >= 0.3 is 11.9 Å². The zero-order valence-corrected chi connectivity index (χ0v) is 11.0. The Bertz CT molecular complexity index is 524. The highest BCUT2D eigenvalue weighted by Gasteiger charge is 2.28. The number of aliphatic carboxylic acids is 2. The number of benzene rings is 1. The molecule has 0 spiro atoms. The molecule has 5 nitrogen and oxygen atoms in total. The van der Waals surface area contributed by atoms with Crippen LogP contribution in [0.25, 0.3) is 0 Å². The average molecular weight is 338 g/mol. The summed E-state index contributed by atoms with van der Waals surface area (Å²) in [4.78, 5) is 21.8. The van der Waals surface area contributed by atoms with E-state index in [0.29, 0.717) is 6.07 Å². The monoisotopic (exact) mass is 337 g/mol. The molecule has 0 aromatic heterocycles. The van der Waals surface area contributed by atoms with Crippen LogP contribution in [-0.2, 0) is 9.59 Å². The minimum Gasteiger partial charge on any atom is -0.481 e. The second-order valence-corrected chi connectivity index (χ2v) is 4.71. The lowest BCUT2D eigenvalue weighted by molar-refractivity contribution is -0.141. The fraction of sp³-hybridized carbons (Fsp3) is 0.273. The minimum absolute atomic E-state index is 0.0383. The van der Waals surface area contributed by atoms with Crippen LogP contribution in [0.5, 0.6) is 0 Å². The molecule has 0 heterocycles. The lowest BCUT2D eigenvalue weighted by Crippen LogP contribution is -2.33. The van der Waals surface area contributed by atoms with E-state index in [1.807, 2.05) is 0 Å². The molecule has 1 aromatic carbocycles. The topological polar surface area (TPSA) is 101 Å². The lowest BCUT2D eigenvalue weighted by Gasteiger charge is -2.17. The molecule has 1 aromatic rings. The van der Waals surface area contributed by atoms with Crippen molar-refractivity contribution < 1.29 is 28.6 Å². The smallest absolute Gasteiger partial charge is 0.320 e. The maximum atomic E-state index is 13.1. The highest BCUT2D eigenvalue weighted by atomic mass is 79.9. The molecule has 2 unspecified atom stereocenters. The van der Waals surface area contributed by atoms with Gasteiger partial charge in [-0.05, 0) is 24.1 Å². The van der Waals surface area contributed by atoms with E-state index in [2.05, 4.69) is 15.9 Å². The van der Waals surface area contributed by atoms with Crippen molar-refractivity contribution in [3.05, 3.63) is 33.8 Å². The number of carboxylic acid groups (broad SMARTS) is 2. The van der Waals surface area contributed by atoms with Crippen molar-refractivity contribution in [2.75, 3.05) is 0 Å². The molecule has 0 aliphatic carbocycles. The van der Waals surface area contributed by atoms with Crippen LogP contribution in [0.15, 0.2) is 16.6 Å². The Morgan fingerprint density at radius 3 is 2.21 bits per heavy atom. The number of rotatable bonds is 5. The number of halogens is 3. The van der Waals surface area contributed by atoms with Gasteiger partial charge in [-0.25, -0.2) is 8.78 Å². The standard InChI is InChI=1S/C11H10BrF2NO4/c12-6-3-8(14)7(13)1-4(6)5(10(16)17)2-9(15)11(18)19/h1,3,5,9H,2,15H2,(H,16,17)(H,18,19). The Hall–Kier alpha value is -1.54. The second kappa shape index (κ2) is 6.07. The summed E-state index contributed by atoms with van der Waals surface area (Å²) in [6.07, 6.45) is -0.436. The quantitative estimate of drug-likeness (QED) is 0.710.